The highest BCUT2D eigenvalue weighted by atomic mass is 16.2. The average Bonchev–Trinajstić information content (AvgIpc) is 3.19. The number of hydrogen-bond donors (Lipinski definition) is 2. The second-order valence-electron chi connectivity index (χ2n) is 6.58. The Bertz CT molecular complexity index is 874. The molecule has 1 aromatic carbocycles. The van der Waals surface area contributed by atoms with Crippen LogP contribution in [0.15, 0.2) is 36.7 Å². The summed E-state index contributed by atoms with van der Waals surface area (Å²) >= 11 is 0. The maximum Gasteiger partial charge on any atom is 0.325 e. The van der Waals surface area contributed by atoms with Crippen LogP contribution in [-0.2, 0) is 28.6 Å². The van der Waals surface area contributed by atoms with Gasteiger partial charge in [0.05, 0.1) is 6.20 Å². The van der Waals surface area contributed by atoms with Gasteiger partial charge in [-0.2, -0.15) is 5.10 Å². The first-order valence-corrected chi connectivity index (χ1v) is 8.91. The molecule has 3 rings (SSSR count). The lowest BCUT2D eigenvalue weighted by Crippen LogP contribution is -2.44. The number of nitrogens with zero attached hydrogens (tertiary/aromatic N) is 3. The van der Waals surface area contributed by atoms with Gasteiger partial charge in [-0.15, -0.1) is 0 Å². The van der Waals surface area contributed by atoms with Crippen molar-refractivity contribution in [1.82, 2.24) is 20.0 Å². The van der Waals surface area contributed by atoms with E-state index in [1.807, 2.05) is 26.0 Å². The quantitative estimate of drug-likeness (QED) is 0.759. The van der Waals surface area contributed by atoms with Crippen molar-refractivity contribution in [3.63, 3.8) is 0 Å². The zero-order valence-corrected chi connectivity index (χ0v) is 15.7. The Morgan fingerprint density at radius 2 is 1.93 bits per heavy atom. The highest BCUT2D eigenvalue weighted by Crippen LogP contribution is 2.32. The van der Waals surface area contributed by atoms with Gasteiger partial charge in [0.25, 0.3) is 5.91 Å². The van der Waals surface area contributed by atoms with Gasteiger partial charge in [0, 0.05) is 24.5 Å². The van der Waals surface area contributed by atoms with E-state index in [1.165, 1.54) is 0 Å². The van der Waals surface area contributed by atoms with Crippen molar-refractivity contribution in [2.24, 2.45) is 7.05 Å². The first-order valence-electron chi connectivity index (χ1n) is 8.91. The molecule has 0 saturated carbocycles. The molecule has 0 bridgehead atoms. The fourth-order valence-corrected chi connectivity index (χ4v) is 3.22. The molecule has 1 aromatic heterocycles. The standard InChI is InChI=1S/C19H23N5O3/c1-4-13-6-8-15(9-7-13)21-16(25)12-24-17(26)19(5-2,22-18(24)27)14-10-20-23(3)11-14/h6-11H,4-5,12H2,1-3H3,(H,21,25)(H,22,27)/t19-/m0/s1. The summed E-state index contributed by atoms with van der Waals surface area (Å²) in [6.07, 6.45) is 4.52. The zero-order valence-electron chi connectivity index (χ0n) is 15.7. The van der Waals surface area contributed by atoms with Crippen LogP contribution in [0, 0.1) is 0 Å². The van der Waals surface area contributed by atoms with Crippen molar-refractivity contribution in [3.05, 3.63) is 47.8 Å². The van der Waals surface area contributed by atoms with Crippen LogP contribution in [0.25, 0.3) is 0 Å². The number of nitrogens with one attached hydrogen (secondary N) is 2. The van der Waals surface area contributed by atoms with E-state index in [2.05, 4.69) is 15.7 Å². The van der Waals surface area contributed by atoms with Crippen molar-refractivity contribution < 1.29 is 14.4 Å². The number of amides is 4. The third-order valence-electron chi connectivity index (χ3n) is 4.85. The summed E-state index contributed by atoms with van der Waals surface area (Å²) in [7, 11) is 1.74. The van der Waals surface area contributed by atoms with E-state index < -0.39 is 23.4 Å². The van der Waals surface area contributed by atoms with Crippen molar-refractivity contribution in [2.45, 2.75) is 32.2 Å². The summed E-state index contributed by atoms with van der Waals surface area (Å²) in [5, 5.41) is 9.54. The lowest BCUT2D eigenvalue weighted by molar-refractivity contribution is -0.134. The SMILES string of the molecule is CCc1ccc(NC(=O)CN2C(=O)N[C@@](CC)(c3cnn(C)c3)C2=O)cc1. The summed E-state index contributed by atoms with van der Waals surface area (Å²) in [4.78, 5) is 38.7. The topological polar surface area (TPSA) is 96.3 Å². The number of imide groups is 1. The molecule has 4 amide bonds. The number of carbonyl (C=O) groups is 3. The molecule has 2 N–H and O–H groups in total. The van der Waals surface area contributed by atoms with Crippen LogP contribution in [0.5, 0.6) is 0 Å². The van der Waals surface area contributed by atoms with Crippen LogP contribution < -0.4 is 10.6 Å². The molecule has 2 aromatic rings. The third kappa shape index (κ3) is 3.42. The molecule has 1 aliphatic rings. The molecule has 142 valence electrons. The molecule has 0 radical (unpaired) electrons. The molecule has 0 aliphatic carbocycles. The number of carbonyl (C=O) groups excluding carboxylic acids is 3. The van der Waals surface area contributed by atoms with Crippen molar-refractivity contribution in [3.8, 4) is 0 Å². The van der Waals surface area contributed by atoms with E-state index in [9.17, 15) is 14.4 Å². The number of urea groups is 1. The van der Waals surface area contributed by atoms with Gasteiger partial charge in [-0.1, -0.05) is 26.0 Å². The van der Waals surface area contributed by atoms with E-state index in [-0.39, 0.29) is 6.54 Å². The number of hydrogen-bond acceptors (Lipinski definition) is 4. The second kappa shape index (κ2) is 7.22. The first-order chi connectivity index (χ1) is 12.9. The van der Waals surface area contributed by atoms with Crippen molar-refractivity contribution in [2.75, 3.05) is 11.9 Å². The van der Waals surface area contributed by atoms with Gasteiger partial charge in [-0.05, 0) is 30.5 Å². The highest BCUT2D eigenvalue weighted by molar-refractivity contribution is 6.10. The Labute approximate surface area is 157 Å². The average molecular weight is 369 g/mol. The minimum Gasteiger partial charge on any atom is -0.325 e. The Kier molecular flexibility index (Phi) is 4.98. The Morgan fingerprint density at radius 3 is 2.48 bits per heavy atom. The van der Waals surface area contributed by atoms with Crippen molar-refractivity contribution in [1.29, 1.82) is 0 Å². The lowest BCUT2D eigenvalue weighted by Gasteiger charge is -2.23. The maximum atomic E-state index is 13.0. The van der Waals surface area contributed by atoms with Gasteiger partial charge in [0.2, 0.25) is 5.91 Å². The summed E-state index contributed by atoms with van der Waals surface area (Å²) in [6, 6.07) is 6.87. The molecular formula is C19H23N5O3. The summed E-state index contributed by atoms with van der Waals surface area (Å²) in [6.45, 7) is 3.51. The predicted octanol–water partition coefficient (Wildman–Crippen LogP) is 1.78. The number of aromatic nitrogens is 2. The molecule has 2 heterocycles. The van der Waals surface area contributed by atoms with Crippen LogP contribution in [0.1, 0.15) is 31.4 Å². The molecule has 8 nitrogen and oxygen atoms in total. The number of aryl methyl sites for hydroxylation is 2. The smallest absolute Gasteiger partial charge is 0.325 e. The molecule has 0 unspecified atom stereocenters. The van der Waals surface area contributed by atoms with E-state index in [4.69, 9.17) is 0 Å². The molecular weight excluding hydrogens is 346 g/mol. The van der Waals surface area contributed by atoms with Gasteiger partial charge < -0.3 is 10.6 Å². The third-order valence-corrected chi connectivity index (χ3v) is 4.85. The molecule has 1 aliphatic heterocycles. The monoisotopic (exact) mass is 369 g/mol. The first kappa shape index (κ1) is 18.6. The summed E-state index contributed by atoms with van der Waals surface area (Å²) in [5.74, 6) is -0.875. The molecule has 0 spiro atoms. The van der Waals surface area contributed by atoms with Gasteiger partial charge in [-0.25, -0.2) is 4.79 Å². The van der Waals surface area contributed by atoms with Crippen molar-refractivity contribution >= 4 is 23.5 Å². The Balaban J connectivity index is 1.73. The molecule has 8 heteroatoms. The fourth-order valence-electron chi connectivity index (χ4n) is 3.22. The van der Waals surface area contributed by atoms with Crippen LogP contribution in [0.3, 0.4) is 0 Å². The summed E-state index contributed by atoms with van der Waals surface area (Å²) in [5.41, 5.74) is 1.20. The van der Waals surface area contributed by atoms with E-state index >= 15 is 0 Å². The molecule has 1 atom stereocenters. The largest absolute Gasteiger partial charge is 0.325 e. The lowest BCUT2D eigenvalue weighted by atomic mass is 9.89. The Morgan fingerprint density at radius 1 is 1.22 bits per heavy atom. The van der Waals surface area contributed by atoms with Crippen LogP contribution >= 0.6 is 0 Å². The van der Waals surface area contributed by atoms with Crippen LogP contribution in [0.4, 0.5) is 10.5 Å². The van der Waals surface area contributed by atoms with Crippen LogP contribution in [0.2, 0.25) is 0 Å². The highest BCUT2D eigenvalue weighted by Gasteiger charge is 2.52. The van der Waals surface area contributed by atoms with Gasteiger partial charge in [0.1, 0.15) is 12.1 Å². The Hall–Kier alpha value is -3.16. The predicted molar refractivity (Wildman–Crippen MR) is 99.9 cm³/mol. The number of rotatable bonds is 6. The van der Waals surface area contributed by atoms with Gasteiger partial charge >= 0.3 is 6.03 Å². The summed E-state index contributed by atoms with van der Waals surface area (Å²) < 4.78 is 1.57. The number of anilines is 1. The van der Waals surface area contributed by atoms with Gasteiger partial charge in [0.15, 0.2) is 0 Å². The molecule has 27 heavy (non-hydrogen) atoms. The fraction of sp³-hybridized carbons (Fsp3) is 0.368. The second-order valence-corrected chi connectivity index (χ2v) is 6.58. The minimum absolute atomic E-state index is 0.345. The maximum absolute atomic E-state index is 13.0. The zero-order chi connectivity index (χ0) is 19.6. The van der Waals surface area contributed by atoms with E-state index in [0.717, 1.165) is 16.9 Å². The van der Waals surface area contributed by atoms with Gasteiger partial charge in [-0.3, -0.25) is 19.2 Å². The van der Waals surface area contributed by atoms with Crippen LogP contribution in [-0.4, -0.2) is 39.1 Å². The van der Waals surface area contributed by atoms with E-state index in [1.54, 1.807) is 36.3 Å². The normalized spacial score (nSPS) is 19.3. The number of benzene rings is 1. The van der Waals surface area contributed by atoms with E-state index in [0.29, 0.717) is 17.7 Å². The minimum atomic E-state index is -1.19. The molecule has 1 fully saturated rings. The molecule has 1 saturated heterocycles.